The molecule has 1 amide bonds. The summed E-state index contributed by atoms with van der Waals surface area (Å²) in [6.07, 6.45) is 2.04. The van der Waals surface area contributed by atoms with Gasteiger partial charge in [-0.15, -0.1) is 5.41 Å². The van der Waals surface area contributed by atoms with Gasteiger partial charge in [0.25, 0.3) is 5.91 Å². The van der Waals surface area contributed by atoms with Crippen LogP contribution in [-0.4, -0.2) is 23.7 Å². The SMILES string of the molecule is CN(C(=O)C(=[N])Cc1c[nH]c2ccccc12)c1ccccc1. The van der Waals surface area contributed by atoms with E-state index in [1.165, 1.54) is 4.90 Å². The molecule has 0 aliphatic heterocycles. The van der Waals surface area contributed by atoms with Crippen LogP contribution in [0.15, 0.2) is 60.8 Å². The van der Waals surface area contributed by atoms with Gasteiger partial charge >= 0.3 is 0 Å². The minimum Gasteiger partial charge on any atom is -0.361 e. The van der Waals surface area contributed by atoms with Crippen LogP contribution in [0.3, 0.4) is 0 Å². The normalized spacial score (nSPS) is 10.6. The first kappa shape index (κ1) is 14.1. The quantitative estimate of drug-likeness (QED) is 0.738. The van der Waals surface area contributed by atoms with Crippen molar-refractivity contribution in [3.05, 3.63) is 66.4 Å². The molecule has 0 fully saturated rings. The first-order valence-electron chi connectivity index (χ1n) is 7.09. The molecule has 0 aliphatic rings. The van der Waals surface area contributed by atoms with Gasteiger partial charge in [-0.1, -0.05) is 36.4 Å². The van der Waals surface area contributed by atoms with E-state index in [1.54, 1.807) is 7.05 Å². The predicted octanol–water partition coefficient (Wildman–Crippen LogP) is 2.61. The molecule has 22 heavy (non-hydrogen) atoms. The van der Waals surface area contributed by atoms with Crippen LogP contribution in [0.1, 0.15) is 5.56 Å². The van der Waals surface area contributed by atoms with Crippen molar-refractivity contribution in [2.75, 3.05) is 11.9 Å². The van der Waals surface area contributed by atoms with Gasteiger partial charge in [0.2, 0.25) is 0 Å². The molecule has 1 radical (unpaired) electrons. The second kappa shape index (κ2) is 5.85. The first-order valence-corrected chi connectivity index (χ1v) is 7.09. The molecule has 109 valence electrons. The fraction of sp³-hybridized carbons (Fsp3) is 0.111. The van der Waals surface area contributed by atoms with Crippen molar-refractivity contribution in [2.24, 2.45) is 0 Å². The van der Waals surface area contributed by atoms with E-state index < -0.39 is 5.91 Å². The van der Waals surface area contributed by atoms with Crippen molar-refractivity contribution in [3.63, 3.8) is 0 Å². The van der Waals surface area contributed by atoms with Gasteiger partial charge in [0.1, 0.15) is 5.71 Å². The zero-order valence-corrected chi connectivity index (χ0v) is 12.3. The summed E-state index contributed by atoms with van der Waals surface area (Å²) >= 11 is 0. The average molecular weight is 290 g/mol. The number of para-hydroxylation sites is 2. The number of carbonyl (C=O) groups excluding carboxylic acids is 1. The highest BCUT2D eigenvalue weighted by molar-refractivity contribution is 6.43. The molecule has 3 aromatic rings. The van der Waals surface area contributed by atoms with Crippen LogP contribution in [0.25, 0.3) is 10.9 Å². The Labute approximate surface area is 128 Å². The Hall–Kier alpha value is -2.88. The number of carbonyl (C=O) groups is 1. The van der Waals surface area contributed by atoms with Crippen molar-refractivity contribution >= 4 is 28.2 Å². The van der Waals surface area contributed by atoms with Crippen molar-refractivity contribution in [1.82, 2.24) is 10.4 Å². The Morgan fingerprint density at radius 3 is 2.55 bits per heavy atom. The summed E-state index contributed by atoms with van der Waals surface area (Å²) in [4.78, 5) is 16.9. The molecular weight excluding hydrogens is 274 g/mol. The molecule has 1 heterocycles. The predicted molar refractivity (Wildman–Crippen MR) is 89.0 cm³/mol. The Morgan fingerprint density at radius 1 is 1.09 bits per heavy atom. The summed E-state index contributed by atoms with van der Waals surface area (Å²) < 4.78 is 0. The zero-order valence-electron chi connectivity index (χ0n) is 12.3. The summed E-state index contributed by atoms with van der Waals surface area (Å²) in [7, 11) is 1.66. The number of fused-ring (bicyclic) bond motifs is 1. The third-order valence-corrected chi connectivity index (χ3v) is 3.73. The third-order valence-electron chi connectivity index (χ3n) is 3.73. The molecule has 3 rings (SSSR count). The Kier molecular flexibility index (Phi) is 3.74. The molecule has 0 bridgehead atoms. The van der Waals surface area contributed by atoms with Gasteiger partial charge in [0.05, 0.1) is 0 Å². The maximum absolute atomic E-state index is 12.3. The van der Waals surface area contributed by atoms with E-state index >= 15 is 0 Å². The molecule has 4 heteroatoms. The van der Waals surface area contributed by atoms with Crippen molar-refractivity contribution in [1.29, 1.82) is 0 Å². The summed E-state index contributed by atoms with van der Waals surface area (Å²) in [6.45, 7) is 0. The molecule has 1 aromatic heterocycles. The zero-order chi connectivity index (χ0) is 15.5. The molecule has 0 aliphatic carbocycles. The second-order valence-corrected chi connectivity index (χ2v) is 5.18. The summed E-state index contributed by atoms with van der Waals surface area (Å²) in [6, 6.07) is 17.1. The maximum atomic E-state index is 12.3. The lowest BCUT2D eigenvalue weighted by Crippen LogP contribution is -2.34. The van der Waals surface area contributed by atoms with Crippen molar-refractivity contribution < 1.29 is 4.79 Å². The summed E-state index contributed by atoms with van der Waals surface area (Å²) in [5, 5.41) is 11.2. The molecule has 0 spiro atoms. The number of rotatable bonds is 4. The number of benzene rings is 2. The van der Waals surface area contributed by atoms with Gasteiger partial charge in [-0.05, 0) is 23.8 Å². The van der Waals surface area contributed by atoms with Gasteiger partial charge in [-0.2, -0.15) is 0 Å². The number of H-pyrrole nitrogens is 1. The van der Waals surface area contributed by atoms with E-state index in [4.69, 9.17) is 0 Å². The van der Waals surface area contributed by atoms with Gasteiger partial charge in [-0.25, -0.2) is 0 Å². The van der Waals surface area contributed by atoms with Gasteiger partial charge in [0.15, 0.2) is 0 Å². The number of amides is 1. The fourth-order valence-electron chi connectivity index (χ4n) is 2.50. The van der Waals surface area contributed by atoms with Crippen LogP contribution in [-0.2, 0) is 11.2 Å². The Morgan fingerprint density at radius 2 is 1.77 bits per heavy atom. The van der Waals surface area contributed by atoms with Crippen LogP contribution in [0.2, 0.25) is 0 Å². The minimum absolute atomic E-state index is 0.170. The van der Waals surface area contributed by atoms with Crippen LogP contribution in [0.5, 0.6) is 0 Å². The highest BCUT2D eigenvalue weighted by Crippen LogP contribution is 2.19. The lowest BCUT2D eigenvalue weighted by atomic mass is 10.1. The van der Waals surface area contributed by atoms with Gasteiger partial charge < -0.3 is 9.88 Å². The van der Waals surface area contributed by atoms with Crippen LogP contribution < -0.4 is 10.3 Å². The van der Waals surface area contributed by atoms with Crippen LogP contribution >= 0.6 is 0 Å². The van der Waals surface area contributed by atoms with E-state index in [-0.39, 0.29) is 12.1 Å². The largest absolute Gasteiger partial charge is 0.361 e. The summed E-state index contributed by atoms with van der Waals surface area (Å²) in [5.41, 5.74) is 2.48. The number of aromatic amines is 1. The third kappa shape index (κ3) is 2.63. The van der Waals surface area contributed by atoms with E-state index in [0.717, 1.165) is 22.2 Å². The number of hydrogen-bond donors (Lipinski definition) is 1. The lowest BCUT2D eigenvalue weighted by Gasteiger charge is -2.17. The smallest absolute Gasteiger partial charge is 0.274 e. The van der Waals surface area contributed by atoms with Crippen LogP contribution in [0.4, 0.5) is 5.69 Å². The molecule has 0 atom stereocenters. The molecule has 0 saturated heterocycles. The number of aromatic nitrogens is 1. The monoisotopic (exact) mass is 290 g/mol. The Bertz CT molecular complexity index is 820. The molecule has 4 nitrogen and oxygen atoms in total. The number of nitrogens with zero attached hydrogens (tertiary/aromatic N) is 2. The first-order chi connectivity index (χ1) is 10.7. The van der Waals surface area contributed by atoms with E-state index in [2.05, 4.69) is 4.98 Å². The topological polar surface area (TPSA) is 58.4 Å². The summed E-state index contributed by atoms with van der Waals surface area (Å²) in [5.74, 6) is -0.392. The highest BCUT2D eigenvalue weighted by Gasteiger charge is 2.18. The van der Waals surface area contributed by atoms with E-state index in [0.29, 0.717) is 0 Å². The molecule has 2 aromatic carbocycles. The fourth-order valence-corrected chi connectivity index (χ4v) is 2.50. The van der Waals surface area contributed by atoms with Crippen LogP contribution in [0, 0.1) is 0 Å². The molecule has 0 saturated carbocycles. The molecule has 1 N–H and O–H groups in total. The lowest BCUT2D eigenvalue weighted by molar-refractivity contribution is -0.112. The van der Waals surface area contributed by atoms with E-state index in [1.807, 2.05) is 60.8 Å². The average Bonchev–Trinajstić information content (AvgIpc) is 2.97. The standard InChI is InChI=1S/C18H16N3O/c1-21(14-7-3-2-4-8-14)18(22)16(19)11-13-12-20-17-10-6-5-9-15(13)17/h2-10,12,20H,11H2,1H3. The maximum Gasteiger partial charge on any atom is 0.274 e. The molecular formula is C18H16N3O. The Balaban J connectivity index is 1.78. The van der Waals surface area contributed by atoms with Crippen molar-refractivity contribution in [3.8, 4) is 0 Å². The number of hydrogen-bond acceptors (Lipinski definition) is 1. The van der Waals surface area contributed by atoms with Gasteiger partial charge in [-0.3, -0.25) is 4.79 Å². The van der Waals surface area contributed by atoms with E-state index in [9.17, 15) is 10.2 Å². The highest BCUT2D eigenvalue weighted by atomic mass is 16.2. The minimum atomic E-state index is -0.392. The molecule has 0 unspecified atom stereocenters. The van der Waals surface area contributed by atoms with Gasteiger partial charge in [0, 0.05) is 36.3 Å². The number of anilines is 1. The number of nitrogens with one attached hydrogen (secondary N) is 1. The van der Waals surface area contributed by atoms with Crippen molar-refractivity contribution in [2.45, 2.75) is 6.42 Å². The second-order valence-electron chi connectivity index (χ2n) is 5.18.